The lowest BCUT2D eigenvalue weighted by atomic mass is 10.2. The third-order valence-corrected chi connectivity index (χ3v) is 6.90. The first kappa shape index (κ1) is 22.5. The van der Waals surface area contributed by atoms with Crippen LogP contribution in [0.5, 0.6) is 0 Å². The Morgan fingerprint density at radius 3 is 2.14 bits per heavy atom. The van der Waals surface area contributed by atoms with E-state index in [-0.39, 0.29) is 23.4 Å². The standard InChI is InChI=1S/C20H26BrN3O3S/c1-15(2)24(4)28(26,27)19-11-9-18(10-12-19)22-20(25)14-23(3)13-16-5-7-17(21)8-6-16/h5-12,15H,13-14H2,1-4H3,(H,22,25). The van der Waals surface area contributed by atoms with E-state index in [1.807, 2.05) is 50.1 Å². The smallest absolute Gasteiger partial charge is 0.243 e. The van der Waals surface area contributed by atoms with Crippen molar-refractivity contribution >= 4 is 37.5 Å². The van der Waals surface area contributed by atoms with Crippen LogP contribution in [0.1, 0.15) is 19.4 Å². The molecule has 6 nitrogen and oxygen atoms in total. The normalized spacial score (nSPS) is 12.0. The fourth-order valence-corrected chi connectivity index (χ4v) is 4.19. The third-order valence-electron chi connectivity index (χ3n) is 4.32. The number of carbonyl (C=O) groups excluding carboxylic acids is 1. The molecule has 0 aromatic heterocycles. The van der Waals surface area contributed by atoms with E-state index in [0.717, 1.165) is 10.0 Å². The summed E-state index contributed by atoms with van der Waals surface area (Å²) in [5, 5.41) is 2.80. The summed E-state index contributed by atoms with van der Waals surface area (Å²) in [7, 11) is -0.105. The second-order valence-corrected chi connectivity index (χ2v) is 9.90. The van der Waals surface area contributed by atoms with E-state index in [2.05, 4.69) is 21.2 Å². The molecule has 0 aliphatic heterocycles. The monoisotopic (exact) mass is 467 g/mol. The largest absolute Gasteiger partial charge is 0.325 e. The van der Waals surface area contributed by atoms with Crippen molar-refractivity contribution in [1.82, 2.24) is 9.21 Å². The van der Waals surface area contributed by atoms with E-state index in [1.54, 1.807) is 19.2 Å². The highest BCUT2D eigenvalue weighted by atomic mass is 79.9. The molecular weight excluding hydrogens is 442 g/mol. The van der Waals surface area contributed by atoms with Gasteiger partial charge >= 0.3 is 0 Å². The lowest BCUT2D eigenvalue weighted by molar-refractivity contribution is -0.117. The van der Waals surface area contributed by atoms with Crippen molar-refractivity contribution in [3.63, 3.8) is 0 Å². The van der Waals surface area contributed by atoms with E-state index >= 15 is 0 Å². The molecular formula is C20H26BrN3O3S. The minimum absolute atomic E-state index is 0.134. The molecule has 152 valence electrons. The number of amides is 1. The van der Waals surface area contributed by atoms with E-state index in [9.17, 15) is 13.2 Å². The molecule has 28 heavy (non-hydrogen) atoms. The number of hydrogen-bond donors (Lipinski definition) is 1. The van der Waals surface area contributed by atoms with Crippen molar-refractivity contribution in [1.29, 1.82) is 0 Å². The Hall–Kier alpha value is -1.74. The Morgan fingerprint density at radius 1 is 1.04 bits per heavy atom. The van der Waals surface area contributed by atoms with E-state index in [4.69, 9.17) is 0 Å². The molecule has 0 spiro atoms. The van der Waals surface area contributed by atoms with E-state index < -0.39 is 10.0 Å². The summed E-state index contributed by atoms with van der Waals surface area (Å²) in [5.41, 5.74) is 1.68. The van der Waals surface area contributed by atoms with Crippen molar-refractivity contribution in [3.05, 3.63) is 58.6 Å². The Labute approximate surface area is 175 Å². The van der Waals surface area contributed by atoms with Crippen LogP contribution in [0.15, 0.2) is 57.9 Å². The van der Waals surface area contributed by atoms with Crippen LogP contribution in [-0.4, -0.2) is 50.2 Å². The molecule has 0 radical (unpaired) electrons. The van der Waals surface area contributed by atoms with Gasteiger partial charge in [-0.1, -0.05) is 28.1 Å². The van der Waals surface area contributed by atoms with Crippen LogP contribution in [0.3, 0.4) is 0 Å². The minimum atomic E-state index is -3.53. The number of anilines is 1. The number of nitrogens with zero attached hydrogens (tertiary/aromatic N) is 2. The van der Waals surface area contributed by atoms with Gasteiger partial charge < -0.3 is 5.32 Å². The van der Waals surface area contributed by atoms with Gasteiger partial charge in [0.15, 0.2) is 0 Å². The molecule has 0 aliphatic rings. The van der Waals surface area contributed by atoms with Crippen LogP contribution in [0.2, 0.25) is 0 Å². The Morgan fingerprint density at radius 2 is 1.61 bits per heavy atom. The number of sulfonamides is 1. The first-order chi connectivity index (χ1) is 13.1. The van der Waals surface area contributed by atoms with E-state index in [0.29, 0.717) is 12.2 Å². The van der Waals surface area contributed by atoms with Crippen LogP contribution in [0.25, 0.3) is 0 Å². The summed E-state index contributed by atoms with van der Waals surface area (Å²) < 4.78 is 27.3. The predicted octanol–water partition coefficient (Wildman–Crippen LogP) is 3.55. The van der Waals surface area contributed by atoms with Crippen LogP contribution in [0.4, 0.5) is 5.69 Å². The Balaban J connectivity index is 1.94. The van der Waals surface area contributed by atoms with Gasteiger partial charge in [-0.2, -0.15) is 4.31 Å². The molecule has 2 aromatic rings. The molecule has 1 N–H and O–H groups in total. The molecule has 0 unspecified atom stereocenters. The number of rotatable bonds is 8. The molecule has 0 atom stereocenters. The molecule has 0 bridgehead atoms. The molecule has 0 saturated heterocycles. The van der Waals surface area contributed by atoms with Crippen molar-refractivity contribution in [2.24, 2.45) is 0 Å². The van der Waals surface area contributed by atoms with Crippen LogP contribution >= 0.6 is 15.9 Å². The molecule has 2 aromatic carbocycles. The fourth-order valence-electron chi connectivity index (χ4n) is 2.56. The highest BCUT2D eigenvalue weighted by molar-refractivity contribution is 9.10. The van der Waals surface area contributed by atoms with Crippen molar-refractivity contribution in [3.8, 4) is 0 Å². The molecule has 1 amide bonds. The summed E-state index contributed by atoms with van der Waals surface area (Å²) in [6.45, 7) is 4.51. The first-order valence-corrected chi connectivity index (χ1v) is 11.1. The maximum absolute atomic E-state index is 12.5. The van der Waals surface area contributed by atoms with Gasteiger partial charge in [-0.15, -0.1) is 0 Å². The first-order valence-electron chi connectivity index (χ1n) is 8.90. The molecule has 8 heteroatoms. The predicted molar refractivity (Wildman–Crippen MR) is 116 cm³/mol. The molecule has 2 rings (SSSR count). The lowest BCUT2D eigenvalue weighted by Gasteiger charge is -2.21. The molecule has 0 aliphatic carbocycles. The number of carbonyl (C=O) groups is 1. The van der Waals surface area contributed by atoms with Gasteiger partial charge in [0.2, 0.25) is 15.9 Å². The van der Waals surface area contributed by atoms with Gasteiger partial charge in [-0.25, -0.2) is 8.42 Å². The van der Waals surface area contributed by atoms with Crippen LogP contribution < -0.4 is 5.32 Å². The second kappa shape index (κ2) is 9.65. The maximum atomic E-state index is 12.5. The van der Waals surface area contributed by atoms with Crippen molar-refractivity contribution < 1.29 is 13.2 Å². The van der Waals surface area contributed by atoms with Gasteiger partial charge in [-0.05, 0) is 62.9 Å². The van der Waals surface area contributed by atoms with Crippen LogP contribution in [-0.2, 0) is 21.4 Å². The van der Waals surface area contributed by atoms with Gasteiger partial charge in [0.1, 0.15) is 0 Å². The summed E-state index contributed by atoms with van der Waals surface area (Å²) in [4.78, 5) is 14.4. The van der Waals surface area contributed by atoms with Crippen molar-refractivity contribution in [2.75, 3.05) is 26.0 Å². The average Bonchev–Trinajstić information content (AvgIpc) is 2.63. The third kappa shape index (κ3) is 6.13. The lowest BCUT2D eigenvalue weighted by Crippen LogP contribution is -2.33. The zero-order valence-electron chi connectivity index (χ0n) is 16.5. The number of hydrogen-bond acceptors (Lipinski definition) is 4. The second-order valence-electron chi connectivity index (χ2n) is 6.99. The summed E-state index contributed by atoms with van der Waals surface area (Å²) in [6, 6.07) is 14.0. The Bertz CT molecular complexity index is 897. The average molecular weight is 468 g/mol. The highest BCUT2D eigenvalue weighted by Gasteiger charge is 2.22. The molecule has 0 saturated carbocycles. The maximum Gasteiger partial charge on any atom is 0.243 e. The number of halogens is 1. The summed E-state index contributed by atoms with van der Waals surface area (Å²) in [6.07, 6.45) is 0. The topological polar surface area (TPSA) is 69.7 Å². The summed E-state index contributed by atoms with van der Waals surface area (Å²) in [5.74, 6) is -0.158. The fraction of sp³-hybridized carbons (Fsp3) is 0.350. The minimum Gasteiger partial charge on any atom is -0.325 e. The SMILES string of the molecule is CC(C)N(C)S(=O)(=O)c1ccc(NC(=O)CN(C)Cc2ccc(Br)cc2)cc1. The number of likely N-dealkylation sites (N-methyl/N-ethyl adjacent to an activating group) is 1. The highest BCUT2D eigenvalue weighted by Crippen LogP contribution is 2.19. The summed E-state index contributed by atoms with van der Waals surface area (Å²) >= 11 is 3.40. The van der Waals surface area contributed by atoms with Gasteiger partial charge in [-0.3, -0.25) is 9.69 Å². The zero-order valence-corrected chi connectivity index (χ0v) is 18.9. The molecule has 0 heterocycles. The van der Waals surface area contributed by atoms with Crippen molar-refractivity contribution in [2.45, 2.75) is 31.3 Å². The number of benzene rings is 2. The quantitative estimate of drug-likeness (QED) is 0.644. The van der Waals surface area contributed by atoms with Gasteiger partial charge in [0.25, 0.3) is 0 Å². The Kier molecular flexibility index (Phi) is 7.77. The van der Waals surface area contributed by atoms with E-state index in [1.165, 1.54) is 16.4 Å². The van der Waals surface area contributed by atoms with Crippen LogP contribution in [0, 0.1) is 0 Å². The zero-order chi connectivity index (χ0) is 20.9. The van der Waals surface area contributed by atoms with Gasteiger partial charge in [0.05, 0.1) is 11.4 Å². The number of nitrogens with one attached hydrogen (secondary N) is 1. The van der Waals surface area contributed by atoms with Gasteiger partial charge in [0, 0.05) is 29.8 Å². The molecule has 0 fully saturated rings.